The Kier molecular flexibility index (Phi) is 3.84. The number of H-pyrrole nitrogens is 2. The van der Waals surface area contributed by atoms with E-state index in [2.05, 4.69) is 33.5 Å². The third kappa shape index (κ3) is 2.62. The molecule has 1 aliphatic heterocycles. The molecule has 0 bridgehead atoms. The standard InChI is InChI=1S/C28H24N4O2/c1-16-13-30-26-23(33)11-24-28(25(16)26)12-19(28)15-32(24)27(34)22-10-18-9-20(7-8-21(18)31-22)29-14-17-5-3-2-4-6-17/h2-11,13,19,29-31H,12,14-15H2,1H3. The van der Waals surface area contributed by atoms with E-state index < -0.39 is 0 Å². The van der Waals surface area contributed by atoms with Crippen LogP contribution in [0.2, 0.25) is 0 Å². The monoisotopic (exact) mass is 448 g/mol. The van der Waals surface area contributed by atoms with Crippen LogP contribution < -0.4 is 5.32 Å². The van der Waals surface area contributed by atoms with E-state index in [0.717, 1.165) is 46.4 Å². The fourth-order valence-corrected chi connectivity index (χ4v) is 6.05. The summed E-state index contributed by atoms with van der Waals surface area (Å²) >= 11 is 0. The van der Waals surface area contributed by atoms with Gasteiger partial charge >= 0.3 is 0 Å². The van der Waals surface area contributed by atoms with Gasteiger partial charge in [-0.2, -0.15) is 0 Å². The predicted octanol–water partition coefficient (Wildman–Crippen LogP) is 4.91. The minimum absolute atomic E-state index is 0.0418. The van der Waals surface area contributed by atoms with Crippen molar-refractivity contribution in [2.45, 2.75) is 25.3 Å². The number of likely N-dealkylation sites (tertiary alicyclic amines) is 1. The summed E-state index contributed by atoms with van der Waals surface area (Å²) in [5.41, 5.74) is 7.28. The number of rotatable bonds is 4. The minimum Gasteiger partial charge on any atom is -0.381 e. The number of piperidine rings is 1. The molecule has 2 unspecified atom stereocenters. The molecule has 4 aromatic rings. The van der Waals surface area contributed by atoms with E-state index in [4.69, 9.17) is 0 Å². The number of benzene rings is 2. The van der Waals surface area contributed by atoms with E-state index in [1.54, 1.807) is 6.08 Å². The lowest BCUT2D eigenvalue weighted by molar-refractivity contribution is 0.0806. The molecular weight excluding hydrogens is 424 g/mol. The highest BCUT2D eigenvalue weighted by molar-refractivity contribution is 6.09. The molecule has 1 saturated heterocycles. The van der Waals surface area contributed by atoms with Crippen LogP contribution in [0.25, 0.3) is 10.9 Å². The number of hydrogen-bond donors (Lipinski definition) is 3. The van der Waals surface area contributed by atoms with Crippen LogP contribution in [0.4, 0.5) is 5.69 Å². The summed E-state index contributed by atoms with van der Waals surface area (Å²) in [4.78, 5) is 34.6. The molecule has 1 saturated carbocycles. The number of allylic oxidation sites excluding steroid dienone is 2. The highest BCUT2D eigenvalue weighted by Crippen LogP contribution is 2.67. The number of aromatic nitrogens is 2. The van der Waals surface area contributed by atoms with Crippen molar-refractivity contribution >= 4 is 28.3 Å². The molecule has 2 aliphatic carbocycles. The maximum absolute atomic E-state index is 13.6. The number of hydrogen-bond acceptors (Lipinski definition) is 3. The van der Waals surface area contributed by atoms with Crippen LogP contribution in [0.5, 0.6) is 0 Å². The molecule has 168 valence electrons. The average molecular weight is 449 g/mol. The molecule has 2 aromatic carbocycles. The molecule has 2 fully saturated rings. The fraction of sp³-hybridized carbons (Fsp3) is 0.214. The van der Waals surface area contributed by atoms with Gasteiger partial charge in [-0.25, -0.2) is 0 Å². The SMILES string of the molecule is Cc1c[nH]c2c1C13CC1CN(C(=O)c1cc4cc(NCc5ccccc5)ccc4[nH]1)C3=CC2=O. The van der Waals surface area contributed by atoms with Gasteiger partial charge in [0.25, 0.3) is 5.91 Å². The van der Waals surface area contributed by atoms with Crippen molar-refractivity contribution in [3.63, 3.8) is 0 Å². The van der Waals surface area contributed by atoms with Crippen LogP contribution in [-0.4, -0.2) is 33.1 Å². The Morgan fingerprint density at radius 3 is 2.88 bits per heavy atom. The third-order valence-corrected chi connectivity index (χ3v) is 7.73. The lowest BCUT2D eigenvalue weighted by atomic mass is 9.83. The third-order valence-electron chi connectivity index (χ3n) is 7.73. The van der Waals surface area contributed by atoms with Crippen molar-refractivity contribution in [3.8, 4) is 0 Å². The van der Waals surface area contributed by atoms with Crippen LogP contribution in [0, 0.1) is 12.8 Å². The number of nitrogens with one attached hydrogen (secondary N) is 3. The summed E-state index contributed by atoms with van der Waals surface area (Å²) in [5.74, 6) is 0.263. The van der Waals surface area contributed by atoms with Gasteiger partial charge in [0.1, 0.15) is 5.69 Å². The highest BCUT2D eigenvalue weighted by atomic mass is 16.2. The Labute approximate surface area is 196 Å². The van der Waals surface area contributed by atoms with Gasteiger partial charge in [0.05, 0.1) is 5.69 Å². The van der Waals surface area contributed by atoms with Crippen molar-refractivity contribution in [2.24, 2.45) is 5.92 Å². The van der Waals surface area contributed by atoms with Crippen molar-refractivity contribution in [3.05, 3.63) is 101 Å². The Morgan fingerprint density at radius 2 is 2.03 bits per heavy atom. The molecule has 1 amide bonds. The van der Waals surface area contributed by atoms with Crippen molar-refractivity contribution < 1.29 is 9.59 Å². The zero-order chi connectivity index (χ0) is 23.0. The van der Waals surface area contributed by atoms with Gasteiger partial charge < -0.3 is 20.2 Å². The van der Waals surface area contributed by atoms with Gasteiger partial charge in [-0.1, -0.05) is 30.3 Å². The van der Waals surface area contributed by atoms with E-state index in [9.17, 15) is 9.59 Å². The van der Waals surface area contributed by atoms with Gasteiger partial charge in [-0.05, 0) is 60.2 Å². The summed E-state index contributed by atoms with van der Waals surface area (Å²) in [6.45, 7) is 3.44. The lowest BCUT2D eigenvalue weighted by Gasteiger charge is -2.28. The summed E-state index contributed by atoms with van der Waals surface area (Å²) in [6.07, 6.45) is 4.59. The van der Waals surface area contributed by atoms with Crippen LogP contribution in [0.1, 0.15) is 44.1 Å². The van der Waals surface area contributed by atoms with E-state index in [-0.39, 0.29) is 17.1 Å². The average Bonchev–Trinajstić information content (AvgIpc) is 3.16. The fourth-order valence-electron chi connectivity index (χ4n) is 6.05. The summed E-state index contributed by atoms with van der Waals surface area (Å²) < 4.78 is 0. The maximum Gasteiger partial charge on any atom is 0.274 e. The summed E-state index contributed by atoms with van der Waals surface area (Å²) in [6, 6.07) is 18.3. The molecule has 34 heavy (non-hydrogen) atoms. The van der Waals surface area contributed by atoms with Gasteiger partial charge in [0.15, 0.2) is 0 Å². The van der Waals surface area contributed by atoms with E-state index in [0.29, 0.717) is 23.9 Å². The number of aryl methyl sites for hydroxylation is 1. The zero-order valence-corrected chi connectivity index (χ0v) is 18.8. The zero-order valence-electron chi connectivity index (χ0n) is 18.8. The van der Waals surface area contributed by atoms with Gasteiger partial charge in [-0.15, -0.1) is 0 Å². The number of nitrogens with zero attached hydrogens (tertiary/aromatic N) is 1. The number of aromatic amines is 2. The van der Waals surface area contributed by atoms with E-state index >= 15 is 0 Å². The highest BCUT2D eigenvalue weighted by Gasteiger charge is 2.68. The first-order chi connectivity index (χ1) is 16.5. The molecule has 3 N–H and O–H groups in total. The minimum atomic E-state index is -0.177. The Bertz CT molecular complexity index is 1530. The normalized spacial score (nSPS) is 22.3. The largest absolute Gasteiger partial charge is 0.381 e. The van der Waals surface area contributed by atoms with Gasteiger partial charge in [0.2, 0.25) is 5.78 Å². The summed E-state index contributed by atoms with van der Waals surface area (Å²) in [7, 11) is 0. The maximum atomic E-state index is 13.6. The molecule has 6 nitrogen and oxygen atoms in total. The topological polar surface area (TPSA) is 81.0 Å². The molecule has 2 atom stereocenters. The molecule has 1 spiro atoms. The molecule has 7 rings (SSSR count). The number of amides is 1. The molecule has 0 radical (unpaired) electrons. The number of carbonyl (C=O) groups excluding carboxylic acids is 2. The molecule has 2 aromatic heterocycles. The first-order valence-electron chi connectivity index (χ1n) is 11.7. The smallest absolute Gasteiger partial charge is 0.274 e. The first kappa shape index (κ1) is 19.4. The predicted molar refractivity (Wildman–Crippen MR) is 131 cm³/mol. The Hall–Kier alpha value is -4.06. The number of fused-ring (bicyclic) bond motifs is 2. The van der Waals surface area contributed by atoms with Crippen LogP contribution in [0.15, 0.2) is 72.6 Å². The molecule has 3 heterocycles. The number of ketones is 1. The van der Waals surface area contributed by atoms with Crippen LogP contribution >= 0.6 is 0 Å². The second kappa shape index (κ2) is 6.73. The Morgan fingerprint density at radius 1 is 1.18 bits per heavy atom. The quantitative estimate of drug-likeness (QED) is 0.415. The summed E-state index contributed by atoms with van der Waals surface area (Å²) in [5, 5.41) is 4.44. The number of carbonyl (C=O) groups is 2. The van der Waals surface area contributed by atoms with Crippen molar-refractivity contribution in [2.75, 3.05) is 11.9 Å². The Balaban J connectivity index is 1.17. The van der Waals surface area contributed by atoms with E-state index in [1.807, 2.05) is 54.4 Å². The second-order valence-corrected chi connectivity index (χ2v) is 9.73. The van der Waals surface area contributed by atoms with Gasteiger partial charge in [-0.3, -0.25) is 9.59 Å². The van der Waals surface area contributed by atoms with Gasteiger partial charge in [0, 0.05) is 53.1 Å². The molecular formula is C28H24N4O2. The van der Waals surface area contributed by atoms with Crippen LogP contribution in [-0.2, 0) is 12.0 Å². The first-order valence-corrected chi connectivity index (χ1v) is 11.7. The second-order valence-electron chi connectivity index (χ2n) is 9.73. The molecule has 3 aliphatic rings. The van der Waals surface area contributed by atoms with Crippen LogP contribution in [0.3, 0.4) is 0 Å². The lowest BCUT2D eigenvalue weighted by Crippen LogP contribution is -2.34. The molecule has 6 heteroatoms. The number of anilines is 1. The van der Waals surface area contributed by atoms with Crippen molar-refractivity contribution in [1.29, 1.82) is 0 Å². The van der Waals surface area contributed by atoms with Crippen molar-refractivity contribution in [1.82, 2.24) is 14.9 Å². The van der Waals surface area contributed by atoms with E-state index in [1.165, 1.54) is 5.56 Å².